The Bertz CT molecular complexity index is 537. The van der Waals surface area contributed by atoms with Crippen LogP contribution >= 0.6 is 7.60 Å². The molecule has 1 rings (SSSR count). The maximum atomic E-state index is 11.9. The van der Waals surface area contributed by atoms with E-state index in [1.165, 1.54) is 12.1 Å². The Labute approximate surface area is 114 Å². The molecule has 0 bridgehead atoms. The van der Waals surface area contributed by atoms with E-state index >= 15 is 0 Å². The standard InChI is InChI=1S/C10H14N3O6P/c1-13(10(11)12)8(9(14)15)20(16,17)19-18-7-5-3-2-4-6-7/h2-6,8H,1H3,(H3,11,12)(H,14,15)(H,16,17). The first-order valence-corrected chi connectivity index (χ1v) is 6.94. The summed E-state index contributed by atoms with van der Waals surface area (Å²) in [6.45, 7) is 0. The van der Waals surface area contributed by atoms with E-state index in [-0.39, 0.29) is 5.75 Å². The number of likely N-dealkylation sites (N-methyl/N-ethyl adjacent to an activating group) is 1. The third-order valence-corrected chi connectivity index (χ3v) is 3.73. The Morgan fingerprint density at radius 2 is 2.00 bits per heavy atom. The van der Waals surface area contributed by atoms with E-state index in [2.05, 4.69) is 9.56 Å². The number of aliphatic carboxylic acids is 1. The van der Waals surface area contributed by atoms with Crippen LogP contribution in [-0.4, -0.2) is 39.7 Å². The van der Waals surface area contributed by atoms with Gasteiger partial charge in [0.1, 0.15) is 0 Å². The van der Waals surface area contributed by atoms with Crippen molar-refractivity contribution in [2.75, 3.05) is 7.05 Å². The molecule has 0 saturated carbocycles. The molecule has 0 aliphatic rings. The van der Waals surface area contributed by atoms with Crippen LogP contribution in [0.3, 0.4) is 0 Å². The highest BCUT2D eigenvalue weighted by Gasteiger charge is 2.44. The SMILES string of the molecule is CN(C(=N)N)C(C(=O)O)P(=O)(O)OOc1ccccc1. The summed E-state index contributed by atoms with van der Waals surface area (Å²) in [6, 6.07) is 7.78. The number of carbonyl (C=O) groups is 1. The van der Waals surface area contributed by atoms with Crippen molar-refractivity contribution in [3.05, 3.63) is 30.3 Å². The van der Waals surface area contributed by atoms with Crippen molar-refractivity contribution in [2.45, 2.75) is 5.78 Å². The normalized spacial score (nSPS) is 14.9. The first kappa shape index (κ1) is 16.0. The van der Waals surface area contributed by atoms with Crippen molar-refractivity contribution >= 4 is 19.5 Å². The lowest BCUT2D eigenvalue weighted by molar-refractivity contribution is -0.142. The molecular weight excluding hydrogens is 289 g/mol. The Morgan fingerprint density at radius 3 is 2.45 bits per heavy atom. The van der Waals surface area contributed by atoms with E-state index < -0.39 is 25.3 Å². The first-order valence-electron chi connectivity index (χ1n) is 5.29. The van der Waals surface area contributed by atoms with E-state index in [4.69, 9.17) is 16.2 Å². The lowest BCUT2D eigenvalue weighted by atomic mass is 10.3. The van der Waals surface area contributed by atoms with Gasteiger partial charge in [0.25, 0.3) is 0 Å². The molecule has 9 nitrogen and oxygen atoms in total. The summed E-state index contributed by atoms with van der Waals surface area (Å²) in [7, 11) is -3.67. The summed E-state index contributed by atoms with van der Waals surface area (Å²) in [5.74, 6) is -4.31. The Kier molecular flexibility index (Phi) is 5.09. The first-order chi connectivity index (χ1) is 9.25. The zero-order chi connectivity index (χ0) is 15.3. The summed E-state index contributed by atoms with van der Waals surface area (Å²) in [6.07, 6.45) is 0. The average Bonchev–Trinajstić information content (AvgIpc) is 2.37. The largest absolute Gasteiger partial charge is 0.479 e. The molecule has 0 saturated heterocycles. The molecule has 20 heavy (non-hydrogen) atoms. The molecule has 0 heterocycles. The van der Waals surface area contributed by atoms with E-state index in [1.54, 1.807) is 18.2 Å². The predicted octanol–water partition coefficient (Wildman–Crippen LogP) is 0.418. The molecular formula is C10H14N3O6P. The molecule has 0 fully saturated rings. The van der Waals surface area contributed by atoms with Crippen molar-refractivity contribution in [3.63, 3.8) is 0 Å². The molecule has 0 amide bonds. The minimum Gasteiger partial charge on any atom is -0.479 e. The Balaban J connectivity index is 2.86. The van der Waals surface area contributed by atoms with Crippen molar-refractivity contribution < 1.29 is 28.9 Å². The van der Waals surface area contributed by atoms with Gasteiger partial charge in [-0.2, -0.15) is 0 Å². The minimum atomic E-state index is -4.75. The van der Waals surface area contributed by atoms with Gasteiger partial charge in [0.15, 0.2) is 11.7 Å². The molecule has 10 heteroatoms. The van der Waals surface area contributed by atoms with Gasteiger partial charge >= 0.3 is 13.6 Å². The summed E-state index contributed by atoms with van der Waals surface area (Å²) in [4.78, 5) is 25.9. The summed E-state index contributed by atoms with van der Waals surface area (Å²) < 4.78 is 16.3. The van der Waals surface area contributed by atoms with Crippen LogP contribution in [0.1, 0.15) is 0 Å². The number of carboxylic acids is 1. The van der Waals surface area contributed by atoms with Crippen LogP contribution in [0.25, 0.3) is 0 Å². The van der Waals surface area contributed by atoms with Crippen molar-refractivity contribution in [1.82, 2.24) is 4.90 Å². The van der Waals surface area contributed by atoms with Gasteiger partial charge < -0.3 is 25.5 Å². The lowest BCUT2D eigenvalue weighted by Gasteiger charge is -2.26. The second-order valence-corrected chi connectivity index (χ2v) is 5.51. The number of benzene rings is 1. The molecule has 1 aromatic rings. The number of para-hydroxylation sites is 1. The van der Waals surface area contributed by atoms with Crippen LogP contribution in [0.2, 0.25) is 0 Å². The van der Waals surface area contributed by atoms with Gasteiger partial charge in [-0.25, -0.2) is 4.79 Å². The maximum absolute atomic E-state index is 11.9. The predicted molar refractivity (Wildman–Crippen MR) is 69.1 cm³/mol. The number of rotatable bonds is 6. The summed E-state index contributed by atoms with van der Waals surface area (Å²) >= 11 is 0. The van der Waals surface area contributed by atoms with Crippen LogP contribution in [0.4, 0.5) is 0 Å². The quantitative estimate of drug-likeness (QED) is 0.194. The lowest BCUT2D eigenvalue weighted by Crippen LogP contribution is -2.45. The molecule has 0 aliphatic heterocycles. The van der Waals surface area contributed by atoms with Crippen LogP contribution in [0.15, 0.2) is 30.3 Å². The fraction of sp³-hybridized carbons (Fsp3) is 0.200. The van der Waals surface area contributed by atoms with E-state index in [1.807, 2.05) is 0 Å². The zero-order valence-corrected chi connectivity index (χ0v) is 11.4. The number of carboxylic acid groups (broad SMARTS) is 1. The molecule has 1 aromatic carbocycles. The van der Waals surface area contributed by atoms with Gasteiger partial charge in [0, 0.05) is 7.05 Å². The van der Waals surface area contributed by atoms with E-state index in [0.29, 0.717) is 4.90 Å². The molecule has 2 unspecified atom stereocenters. The second kappa shape index (κ2) is 6.38. The third kappa shape index (κ3) is 3.95. The highest BCUT2D eigenvalue weighted by Crippen LogP contribution is 2.48. The van der Waals surface area contributed by atoms with Gasteiger partial charge in [0.2, 0.25) is 5.78 Å². The number of nitrogens with two attached hydrogens (primary N) is 1. The fourth-order valence-corrected chi connectivity index (χ4v) is 2.38. The number of nitrogens with one attached hydrogen (secondary N) is 1. The molecule has 110 valence electrons. The minimum absolute atomic E-state index is 0.122. The number of guanidine groups is 1. The van der Waals surface area contributed by atoms with E-state index in [0.717, 1.165) is 7.05 Å². The van der Waals surface area contributed by atoms with Gasteiger partial charge in [-0.1, -0.05) is 22.9 Å². The van der Waals surface area contributed by atoms with Crippen LogP contribution in [0.5, 0.6) is 5.75 Å². The maximum Gasteiger partial charge on any atom is 0.399 e. The van der Waals surface area contributed by atoms with Crippen molar-refractivity contribution in [2.24, 2.45) is 5.73 Å². The van der Waals surface area contributed by atoms with Crippen LogP contribution < -0.4 is 10.6 Å². The fourth-order valence-electron chi connectivity index (χ4n) is 1.27. The number of nitrogens with zero attached hydrogens (tertiary/aromatic N) is 1. The third-order valence-electron chi connectivity index (χ3n) is 2.26. The van der Waals surface area contributed by atoms with Crippen molar-refractivity contribution in [1.29, 1.82) is 5.41 Å². The van der Waals surface area contributed by atoms with Gasteiger partial charge in [0.05, 0.1) is 0 Å². The molecule has 2 atom stereocenters. The van der Waals surface area contributed by atoms with Gasteiger partial charge in [-0.05, 0) is 12.1 Å². The van der Waals surface area contributed by atoms with Crippen molar-refractivity contribution in [3.8, 4) is 5.75 Å². The average molecular weight is 303 g/mol. The Hall–Kier alpha value is -2.09. The molecule has 0 radical (unpaired) electrons. The number of hydrogen-bond acceptors (Lipinski definition) is 5. The highest BCUT2D eigenvalue weighted by atomic mass is 31.2. The molecule has 0 spiro atoms. The van der Waals surface area contributed by atoms with Crippen LogP contribution in [0, 0.1) is 5.41 Å². The van der Waals surface area contributed by atoms with Crippen LogP contribution in [-0.2, 0) is 14.0 Å². The summed E-state index contributed by atoms with van der Waals surface area (Å²) in [5, 5.41) is 16.1. The summed E-state index contributed by atoms with van der Waals surface area (Å²) in [5.41, 5.74) is 5.10. The van der Waals surface area contributed by atoms with E-state index in [9.17, 15) is 14.3 Å². The smallest absolute Gasteiger partial charge is 0.399 e. The topological polar surface area (TPSA) is 146 Å². The molecule has 0 aromatic heterocycles. The van der Waals surface area contributed by atoms with Gasteiger partial charge in [-0.15, -0.1) is 0 Å². The molecule has 0 aliphatic carbocycles. The molecule has 5 N–H and O–H groups in total. The highest BCUT2D eigenvalue weighted by molar-refractivity contribution is 7.54. The van der Waals surface area contributed by atoms with Gasteiger partial charge in [-0.3, -0.25) is 9.97 Å². The monoisotopic (exact) mass is 303 g/mol. The number of hydrogen-bond donors (Lipinski definition) is 4. The Morgan fingerprint density at radius 1 is 1.45 bits per heavy atom. The second-order valence-electron chi connectivity index (χ2n) is 3.74. The zero-order valence-electron chi connectivity index (χ0n) is 10.5.